The average molecular weight is 280 g/mol. The molecular weight excluding hydrogens is 260 g/mol. The largest absolute Gasteiger partial charge is 0.308 e. The van der Waals surface area contributed by atoms with Gasteiger partial charge in [-0.3, -0.25) is 4.79 Å². The first-order chi connectivity index (χ1) is 9.33. The second kappa shape index (κ2) is 5.96. The minimum Gasteiger partial charge on any atom is -0.308 e. The Morgan fingerprint density at radius 1 is 1.16 bits per heavy atom. The van der Waals surface area contributed by atoms with Gasteiger partial charge < -0.3 is 10.6 Å². The molecule has 0 aromatic carbocycles. The van der Waals surface area contributed by atoms with Crippen LogP contribution in [0.15, 0.2) is 0 Å². The predicted octanol–water partition coefficient (Wildman–Crippen LogP) is 2.48. The molecule has 1 aliphatic heterocycles. The highest BCUT2D eigenvalue weighted by Crippen LogP contribution is 2.29. The lowest BCUT2D eigenvalue weighted by molar-refractivity contribution is -0.120. The maximum atomic E-state index is 12.1. The van der Waals surface area contributed by atoms with Crippen LogP contribution in [0.5, 0.6) is 0 Å². The van der Waals surface area contributed by atoms with Crippen molar-refractivity contribution in [3.05, 3.63) is 5.01 Å². The van der Waals surface area contributed by atoms with Crippen LogP contribution in [0.2, 0.25) is 0 Å². The summed E-state index contributed by atoms with van der Waals surface area (Å²) in [7, 11) is 0. The Balaban J connectivity index is 1.58. The summed E-state index contributed by atoms with van der Waals surface area (Å²) in [5.74, 6) is 0.299. The molecule has 1 aliphatic carbocycles. The van der Waals surface area contributed by atoms with E-state index in [-0.39, 0.29) is 11.8 Å². The molecule has 2 N–H and O–H groups in total. The maximum Gasteiger partial charge on any atom is 0.229 e. The SMILES string of the molecule is O=C(Nc1nnc(C2CCCN2)s1)C1CCCCC1. The molecule has 1 saturated heterocycles. The summed E-state index contributed by atoms with van der Waals surface area (Å²) < 4.78 is 0. The van der Waals surface area contributed by atoms with Gasteiger partial charge in [-0.15, -0.1) is 10.2 Å². The van der Waals surface area contributed by atoms with Crippen molar-refractivity contribution in [2.45, 2.75) is 51.0 Å². The monoisotopic (exact) mass is 280 g/mol. The van der Waals surface area contributed by atoms with E-state index < -0.39 is 0 Å². The second-order valence-electron chi connectivity index (χ2n) is 5.42. The van der Waals surface area contributed by atoms with Gasteiger partial charge in [-0.2, -0.15) is 0 Å². The number of hydrogen-bond donors (Lipinski definition) is 2. The maximum absolute atomic E-state index is 12.1. The van der Waals surface area contributed by atoms with E-state index in [1.54, 1.807) is 0 Å². The Bertz CT molecular complexity index is 436. The highest BCUT2D eigenvalue weighted by molar-refractivity contribution is 7.15. The van der Waals surface area contributed by atoms with E-state index in [2.05, 4.69) is 20.8 Å². The van der Waals surface area contributed by atoms with Gasteiger partial charge in [0.15, 0.2) is 0 Å². The van der Waals surface area contributed by atoms with Gasteiger partial charge in [-0.05, 0) is 32.2 Å². The lowest BCUT2D eigenvalue weighted by atomic mass is 9.89. The number of nitrogens with one attached hydrogen (secondary N) is 2. The van der Waals surface area contributed by atoms with Crippen LogP contribution in [0, 0.1) is 5.92 Å². The first-order valence-corrected chi connectivity index (χ1v) is 8.02. The molecule has 0 radical (unpaired) electrons. The zero-order valence-electron chi connectivity index (χ0n) is 11.0. The number of carbonyl (C=O) groups is 1. The summed E-state index contributed by atoms with van der Waals surface area (Å²) in [5, 5.41) is 16.3. The molecule has 2 aliphatic rings. The summed E-state index contributed by atoms with van der Waals surface area (Å²) in [6.45, 7) is 1.05. The van der Waals surface area contributed by atoms with Gasteiger partial charge in [0.25, 0.3) is 0 Å². The van der Waals surface area contributed by atoms with Crippen LogP contribution in [-0.2, 0) is 4.79 Å². The van der Waals surface area contributed by atoms with E-state index in [1.165, 1.54) is 37.0 Å². The molecule has 104 valence electrons. The van der Waals surface area contributed by atoms with Crippen molar-refractivity contribution in [3.63, 3.8) is 0 Å². The first-order valence-electron chi connectivity index (χ1n) is 7.20. The molecule has 0 bridgehead atoms. The summed E-state index contributed by atoms with van der Waals surface area (Å²) >= 11 is 1.51. The van der Waals surface area contributed by atoms with Crippen molar-refractivity contribution >= 4 is 22.4 Å². The zero-order valence-corrected chi connectivity index (χ0v) is 11.8. The Labute approximate surface area is 117 Å². The topological polar surface area (TPSA) is 66.9 Å². The highest BCUT2D eigenvalue weighted by Gasteiger charge is 2.24. The summed E-state index contributed by atoms with van der Waals surface area (Å²) in [6, 6.07) is 0.331. The van der Waals surface area contributed by atoms with Crippen LogP contribution in [0.1, 0.15) is 56.0 Å². The van der Waals surface area contributed by atoms with Gasteiger partial charge in [0.1, 0.15) is 5.01 Å². The van der Waals surface area contributed by atoms with Gasteiger partial charge in [-0.25, -0.2) is 0 Å². The minimum absolute atomic E-state index is 0.127. The molecule has 1 unspecified atom stereocenters. The Hall–Kier alpha value is -1.01. The van der Waals surface area contributed by atoms with Crippen LogP contribution >= 0.6 is 11.3 Å². The lowest BCUT2D eigenvalue weighted by Gasteiger charge is -2.19. The fraction of sp³-hybridized carbons (Fsp3) is 0.769. The molecule has 1 atom stereocenters. The van der Waals surface area contributed by atoms with Gasteiger partial charge in [0.2, 0.25) is 11.0 Å². The van der Waals surface area contributed by atoms with E-state index in [4.69, 9.17) is 0 Å². The molecule has 1 aromatic heterocycles. The van der Waals surface area contributed by atoms with Crippen LogP contribution in [-0.4, -0.2) is 22.6 Å². The van der Waals surface area contributed by atoms with Crippen LogP contribution in [0.25, 0.3) is 0 Å². The second-order valence-corrected chi connectivity index (χ2v) is 6.43. The number of rotatable bonds is 3. The summed E-state index contributed by atoms with van der Waals surface area (Å²) in [6.07, 6.45) is 7.94. The average Bonchev–Trinajstić information content (AvgIpc) is 3.10. The fourth-order valence-electron chi connectivity index (χ4n) is 2.89. The van der Waals surface area contributed by atoms with E-state index in [9.17, 15) is 4.79 Å². The molecule has 0 spiro atoms. The number of carbonyl (C=O) groups excluding carboxylic acids is 1. The summed E-state index contributed by atoms with van der Waals surface area (Å²) in [4.78, 5) is 12.1. The minimum atomic E-state index is 0.127. The molecular formula is C13H20N4OS. The van der Waals surface area contributed by atoms with E-state index in [0.717, 1.165) is 30.8 Å². The quantitative estimate of drug-likeness (QED) is 0.892. The predicted molar refractivity (Wildman–Crippen MR) is 75.1 cm³/mol. The van der Waals surface area contributed by atoms with Gasteiger partial charge in [0.05, 0.1) is 6.04 Å². The first kappa shape index (κ1) is 13.0. The Morgan fingerprint density at radius 2 is 2.00 bits per heavy atom. The number of nitrogens with zero attached hydrogens (tertiary/aromatic N) is 2. The van der Waals surface area contributed by atoms with Gasteiger partial charge in [-0.1, -0.05) is 30.6 Å². The van der Waals surface area contributed by atoms with Crippen molar-refractivity contribution in [2.75, 3.05) is 11.9 Å². The standard InChI is InChI=1S/C13H20N4OS/c18-11(9-5-2-1-3-6-9)15-13-17-16-12(19-13)10-7-4-8-14-10/h9-10,14H,1-8H2,(H,15,17,18). The van der Waals surface area contributed by atoms with Crippen molar-refractivity contribution < 1.29 is 4.79 Å². The van der Waals surface area contributed by atoms with E-state index >= 15 is 0 Å². The van der Waals surface area contributed by atoms with Gasteiger partial charge in [0, 0.05) is 5.92 Å². The van der Waals surface area contributed by atoms with Crippen LogP contribution < -0.4 is 10.6 Å². The molecule has 2 heterocycles. The fourth-order valence-corrected chi connectivity index (χ4v) is 3.75. The van der Waals surface area contributed by atoms with Gasteiger partial charge >= 0.3 is 0 Å². The molecule has 3 rings (SSSR count). The lowest BCUT2D eigenvalue weighted by Crippen LogP contribution is -2.24. The smallest absolute Gasteiger partial charge is 0.229 e. The molecule has 6 heteroatoms. The Kier molecular flexibility index (Phi) is 4.08. The highest BCUT2D eigenvalue weighted by atomic mass is 32.1. The van der Waals surface area contributed by atoms with E-state index in [0.29, 0.717) is 11.2 Å². The third-order valence-corrected chi connectivity index (χ3v) is 4.96. The number of amides is 1. The molecule has 19 heavy (non-hydrogen) atoms. The van der Waals surface area contributed by atoms with Crippen molar-refractivity contribution in [1.29, 1.82) is 0 Å². The normalized spacial score (nSPS) is 24.5. The van der Waals surface area contributed by atoms with Crippen LogP contribution in [0.3, 0.4) is 0 Å². The summed E-state index contributed by atoms with van der Waals surface area (Å²) in [5.41, 5.74) is 0. The number of anilines is 1. The number of aromatic nitrogens is 2. The Morgan fingerprint density at radius 3 is 2.74 bits per heavy atom. The molecule has 1 aromatic rings. The van der Waals surface area contributed by atoms with Crippen molar-refractivity contribution in [1.82, 2.24) is 15.5 Å². The third-order valence-electron chi connectivity index (χ3n) is 4.01. The number of hydrogen-bond acceptors (Lipinski definition) is 5. The van der Waals surface area contributed by atoms with E-state index in [1.807, 2.05) is 0 Å². The third kappa shape index (κ3) is 3.12. The molecule has 2 fully saturated rings. The van der Waals surface area contributed by atoms with Crippen LogP contribution in [0.4, 0.5) is 5.13 Å². The van der Waals surface area contributed by atoms with Crippen molar-refractivity contribution in [3.8, 4) is 0 Å². The molecule has 1 saturated carbocycles. The zero-order chi connectivity index (χ0) is 13.1. The molecule has 5 nitrogen and oxygen atoms in total. The molecule has 1 amide bonds. The van der Waals surface area contributed by atoms with Crippen molar-refractivity contribution in [2.24, 2.45) is 5.92 Å².